The fourth-order valence-electron chi connectivity index (χ4n) is 2.21. The second-order valence-corrected chi connectivity index (χ2v) is 5.69. The molecule has 24 heavy (non-hydrogen) atoms. The van der Waals surface area contributed by atoms with E-state index in [-0.39, 0.29) is 0 Å². The summed E-state index contributed by atoms with van der Waals surface area (Å²) in [6.45, 7) is 22.5. The molecule has 0 aromatic heterocycles. The van der Waals surface area contributed by atoms with Crippen molar-refractivity contribution in [2.24, 2.45) is 4.99 Å². The minimum atomic E-state index is 0.718. The van der Waals surface area contributed by atoms with Crippen LogP contribution in [0.5, 0.6) is 0 Å². The molecule has 0 aromatic rings. The number of rotatable bonds is 10. The molecule has 0 aliphatic heterocycles. The molecule has 132 valence electrons. The first-order valence-corrected chi connectivity index (χ1v) is 8.83. The van der Waals surface area contributed by atoms with Crippen molar-refractivity contribution >= 4 is 5.84 Å². The average molecular weight is 327 g/mol. The Hall–Kier alpha value is -2.09. The fourth-order valence-corrected chi connectivity index (χ4v) is 2.21. The van der Waals surface area contributed by atoms with Crippen LogP contribution in [-0.4, -0.2) is 5.84 Å². The third-order valence-electron chi connectivity index (χ3n) is 3.58. The molecule has 0 spiro atoms. The maximum absolute atomic E-state index is 4.78. The lowest BCUT2D eigenvalue weighted by Crippen LogP contribution is -2.20. The van der Waals surface area contributed by atoms with Gasteiger partial charge in [-0.25, -0.2) is 4.99 Å². The first-order chi connectivity index (χ1) is 11.4. The molecule has 2 nitrogen and oxygen atoms in total. The first kappa shape index (κ1) is 21.9. The van der Waals surface area contributed by atoms with E-state index in [2.05, 4.69) is 64.9 Å². The van der Waals surface area contributed by atoms with Crippen molar-refractivity contribution < 1.29 is 0 Å². The smallest absolute Gasteiger partial charge is 0.130 e. The predicted octanol–water partition coefficient (Wildman–Crippen LogP) is 6.63. The van der Waals surface area contributed by atoms with E-state index in [1.165, 1.54) is 5.57 Å². The standard InChI is InChI=1S/C22H34N2/c1-9-14-16-20(19(15-10-2)17(6)7)21(12-4)24-22(13-5)23-18(8)11-3/h12-14,16H,5-6,8-11,15H2,1-4,7H3,(H,23,24)/b16-14-,20-19-,21-12-. The molecule has 0 radical (unpaired) electrons. The zero-order valence-corrected chi connectivity index (χ0v) is 16.2. The highest BCUT2D eigenvalue weighted by atomic mass is 15.0. The van der Waals surface area contributed by atoms with Crippen LogP contribution in [0.3, 0.4) is 0 Å². The van der Waals surface area contributed by atoms with Gasteiger partial charge in [-0.1, -0.05) is 70.7 Å². The van der Waals surface area contributed by atoms with Gasteiger partial charge in [0.25, 0.3) is 0 Å². The van der Waals surface area contributed by atoms with E-state index in [0.29, 0.717) is 0 Å². The Bertz CT molecular complexity index is 569. The summed E-state index contributed by atoms with van der Waals surface area (Å²) in [5, 5.41) is 3.22. The van der Waals surface area contributed by atoms with E-state index in [9.17, 15) is 0 Å². The number of hydrogen-bond donors (Lipinski definition) is 1. The zero-order valence-electron chi connectivity index (χ0n) is 16.2. The van der Waals surface area contributed by atoms with Crippen LogP contribution in [0.1, 0.15) is 60.3 Å². The van der Waals surface area contributed by atoms with Gasteiger partial charge in [-0.3, -0.25) is 0 Å². The first-order valence-electron chi connectivity index (χ1n) is 8.83. The molecule has 0 rings (SSSR count). The van der Waals surface area contributed by atoms with Gasteiger partial charge in [-0.05, 0) is 44.8 Å². The summed E-state index contributed by atoms with van der Waals surface area (Å²) in [6, 6.07) is 0. The highest BCUT2D eigenvalue weighted by Crippen LogP contribution is 2.26. The van der Waals surface area contributed by atoms with Gasteiger partial charge < -0.3 is 5.32 Å². The summed E-state index contributed by atoms with van der Waals surface area (Å²) >= 11 is 0. The molecule has 0 saturated heterocycles. The lowest BCUT2D eigenvalue weighted by Gasteiger charge is -2.15. The highest BCUT2D eigenvalue weighted by Gasteiger charge is 2.10. The van der Waals surface area contributed by atoms with E-state index in [1.54, 1.807) is 6.08 Å². The molecule has 0 bridgehead atoms. The molecule has 0 saturated carbocycles. The summed E-state index contributed by atoms with van der Waals surface area (Å²) < 4.78 is 0. The Morgan fingerprint density at radius 3 is 2.25 bits per heavy atom. The summed E-state index contributed by atoms with van der Waals surface area (Å²) in [5.41, 5.74) is 5.34. The Balaban J connectivity index is 6.09. The quantitative estimate of drug-likeness (QED) is 0.272. The van der Waals surface area contributed by atoms with Crippen LogP contribution in [0, 0.1) is 0 Å². The molecule has 0 aliphatic carbocycles. The predicted molar refractivity (Wildman–Crippen MR) is 110 cm³/mol. The van der Waals surface area contributed by atoms with Gasteiger partial charge in [0.2, 0.25) is 0 Å². The maximum Gasteiger partial charge on any atom is 0.130 e. The third kappa shape index (κ3) is 7.45. The van der Waals surface area contributed by atoms with Gasteiger partial charge in [0.05, 0.1) is 5.70 Å². The Labute approximate surface area is 149 Å². The molecule has 0 aliphatic rings. The number of amidine groups is 1. The Morgan fingerprint density at radius 1 is 1.17 bits per heavy atom. The van der Waals surface area contributed by atoms with Gasteiger partial charge >= 0.3 is 0 Å². The molecular weight excluding hydrogens is 292 g/mol. The second kappa shape index (κ2) is 12.3. The third-order valence-corrected chi connectivity index (χ3v) is 3.58. The second-order valence-electron chi connectivity index (χ2n) is 5.69. The van der Waals surface area contributed by atoms with Gasteiger partial charge in [0, 0.05) is 11.3 Å². The Kier molecular flexibility index (Phi) is 11.3. The number of hydrogen-bond acceptors (Lipinski definition) is 1. The van der Waals surface area contributed by atoms with Crippen molar-refractivity contribution in [3.63, 3.8) is 0 Å². The molecule has 0 fully saturated rings. The van der Waals surface area contributed by atoms with Crippen LogP contribution in [0.25, 0.3) is 0 Å². The monoisotopic (exact) mass is 326 g/mol. The number of allylic oxidation sites excluding steroid dienone is 6. The van der Waals surface area contributed by atoms with Crippen LogP contribution in [0.2, 0.25) is 0 Å². The SMILES string of the molecule is C=C\C(=N/C(=C\C)C(/C=C\CC)=C(/CCC)C(=C)C)NC(=C)CC. The summed E-state index contributed by atoms with van der Waals surface area (Å²) in [6.07, 6.45) is 12.0. The van der Waals surface area contributed by atoms with Crippen molar-refractivity contribution in [3.05, 3.63) is 72.2 Å². The van der Waals surface area contributed by atoms with Gasteiger partial charge in [-0.15, -0.1) is 0 Å². The highest BCUT2D eigenvalue weighted by molar-refractivity contribution is 5.94. The fraction of sp³-hybridized carbons (Fsp3) is 0.409. The van der Waals surface area contributed by atoms with E-state index in [1.807, 2.05) is 13.0 Å². The zero-order chi connectivity index (χ0) is 18.5. The largest absolute Gasteiger partial charge is 0.344 e. The van der Waals surface area contributed by atoms with Crippen LogP contribution in [0.15, 0.2) is 77.1 Å². The minimum Gasteiger partial charge on any atom is -0.344 e. The van der Waals surface area contributed by atoms with E-state index < -0.39 is 0 Å². The molecule has 2 heteroatoms. The molecule has 0 atom stereocenters. The van der Waals surface area contributed by atoms with Crippen LogP contribution in [0.4, 0.5) is 0 Å². The lowest BCUT2D eigenvalue weighted by atomic mass is 9.95. The van der Waals surface area contributed by atoms with E-state index in [4.69, 9.17) is 4.99 Å². The molecule has 0 amide bonds. The normalized spacial score (nSPS) is 13.7. The lowest BCUT2D eigenvalue weighted by molar-refractivity contribution is 0.902. The molecule has 0 unspecified atom stereocenters. The topological polar surface area (TPSA) is 24.4 Å². The number of aliphatic imine (C=N–C) groups is 1. The average Bonchev–Trinajstić information content (AvgIpc) is 2.58. The van der Waals surface area contributed by atoms with Crippen molar-refractivity contribution in [1.82, 2.24) is 5.32 Å². The molecular formula is C22H34N2. The molecule has 0 aromatic carbocycles. The van der Waals surface area contributed by atoms with Gasteiger partial charge in [0.1, 0.15) is 5.84 Å². The van der Waals surface area contributed by atoms with E-state index >= 15 is 0 Å². The van der Waals surface area contributed by atoms with Crippen LogP contribution < -0.4 is 5.32 Å². The summed E-state index contributed by atoms with van der Waals surface area (Å²) in [7, 11) is 0. The number of nitrogens with one attached hydrogen (secondary N) is 1. The van der Waals surface area contributed by atoms with Crippen LogP contribution >= 0.6 is 0 Å². The van der Waals surface area contributed by atoms with Gasteiger partial charge in [0.15, 0.2) is 0 Å². The summed E-state index contributed by atoms with van der Waals surface area (Å²) in [4.78, 5) is 4.78. The maximum atomic E-state index is 4.78. The van der Waals surface area contributed by atoms with E-state index in [0.717, 1.165) is 54.1 Å². The van der Waals surface area contributed by atoms with Crippen molar-refractivity contribution in [1.29, 1.82) is 0 Å². The van der Waals surface area contributed by atoms with Crippen molar-refractivity contribution in [2.75, 3.05) is 0 Å². The molecule has 1 N–H and O–H groups in total. The molecule has 0 heterocycles. The summed E-state index contributed by atoms with van der Waals surface area (Å²) in [5.74, 6) is 0.718. The van der Waals surface area contributed by atoms with Crippen molar-refractivity contribution in [3.8, 4) is 0 Å². The minimum absolute atomic E-state index is 0.718. The van der Waals surface area contributed by atoms with Gasteiger partial charge in [-0.2, -0.15) is 0 Å². The van der Waals surface area contributed by atoms with Crippen molar-refractivity contribution in [2.45, 2.75) is 60.3 Å². The Morgan fingerprint density at radius 2 is 1.83 bits per heavy atom. The number of nitrogens with zero attached hydrogens (tertiary/aromatic N) is 1. The van der Waals surface area contributed by atoms with Crippen LogP contribution in [-0.2, 0) is 0 Å².